The van der Waals surface area contributed by atoms with Crippen LogP contribution in [0, 0.1) is 5.82 Å². The van der Waals surface area contributed by atoms with Gasteiger partial charge in [0.1, 0.15) is 5.82 Å². The van der Waals surface area contributed by atoms with Gasteiger partial charge in [-0.1, -0.05) is 29.4 Å². The van der Waals surface area contributed by atoms with Crippen LogP contribution in [0.25, 0.3) is 0 Å². The molecule has 0 saturated heterocycles. The Morgan fingerprint density at radius 2 is 1.97 bits per heavy atom. The summed E-state index contributed by atoms with van der Waals surface area (Å²) in [6, 6.07) is 15.6. The van der Waals surface area contributed by atoms with Gasteiger partial charge in [0.2, 0.25) is 0 Å². The maximum absolute atomic E-state index is 14.3. The van der Waals surface area contributed by atoms with Gasteiger partial charge in [0, 0.05) is 24.1 Å². The molecule has 0 N–H and O–H groups in total. The molecule has 3 aromatic rings. The standard InChI is InChI=1S/C24H23FN2O4S/c1-29-21-10-9-16(12-22(21)30-2)20-13-18(31-26-20)15-27(24(28)23-8-5-11-32-23)14-17-6-3-4-7-19(17)25/h3-12,18H,13-15H2,1-2H3/t18-/m0/s1. The van der Waals surface area contributed by atoms with Crippen molar-refractivity contribution in [2.24, 2.45) is 5.16 Å². The highest BCUT2D eigenvalue weighted by Crippen LogP contribution is 2.30. The summed E-state index contributed by atoms with van der Waals surface area (Å²) < 4.78 is 24.9. The van der Waals surface area contributed by atoms with Crippen LogP contribution in [0.3, 0.4) is 0 Å². The number of amides is 1. The third kappa shape index (κ3) is 4.75. The Morgan fingerprint density at radius 3 is 2.69 bits per heavy atom. The van der Waals surface area contributed by atoms with Crippen molar-refractivity contribution < 1.29 is 23.5 Å². The molecular formula is C24H23FN2O4S. The molecule has 0 spiro atoms. The molecule has 1 amide bonds. The van der Waals surface area contributed by atoms with Gasteiger partial charge in [-0.25, -0.2) is 4.39 Å². The third-order valence-electron chi connectivity index (χ3n) is 5.21. The molecule has 0 saturated carbocycles. The maximum atomic E-state index is 14.3. The molecule has 1 atom stereocenters. The van der Waals surface area contributed by atoms with E-state index in [9.17, 15) is 9.18 Å². The van der Waals surface area contributed by atoms with E-state index in [0.717, 1.165) is 11.3 Å². The predicted octanol–water partition coefficient (Wildman–Crippen LogP) is 4.74. The average Bonchev–Trinajstić information content (AvgIpc) is 3.51. The number of thiophene rings is 1. The number of oxime groups is 1. The Labute approximate surface area is 189 Å². The zero-order valence-corrected chi connectivity index (χ0v) is 18.6. The normalized spacial score (nSPS) is 15.1. The first-order chi connectivity index (χ1) is 15.6. The summed E-state index contributed by atoms with van der Waals surface area (Å²) in [6.07, 6.45) is 0.176. The Balaban J connectivity index is 1.50. The van der Waals surface area contributed by atoms with Crippen LogP contribution in [-0.4, -0.2) is 43.4 Å². The minimum Gasteiger partial charge on any atom is -0.493 e. The molecule has 0 unspecified atom stereocenters. The fourth-order valence-corrected chi connectivity index (χ4v) is 4.26. The molecule has 0 aliphatic carbocycles. The SMILES string of the molecule is COc1ccc(C2=NO[C@H](CN(Cc3ccccc3F)C(=O)c3cccs3)C2)cc1OC. The number of hydrogen-bond donors (Lipinski definition) is 0. The van der Waals surface area contributed by atoms with E-state index in [1.807, 2.05) is 29.6 Å². The van der Waals surface area contributed by atoms with Gasteiger partial charge in [0.15, 0.2) is 17.6 Å². The number of carbonyl (C=O) groups excluding carboxylic acids is 1. The molecule has 1 aliphatic rings. The molecule has 32 heavy (non-hydrogen) atoms. The Bertz CT molecular complexity index is 1120. The summed E-state index contributed by atoms with van der Waals surface area (Å²) in [6.45, 7) is 0.431. The topological polar surface area (TPSA) is 60.4 Å². The molecule has 1 aliphatic heterocycles. The van der Waals surface area contributed by atoms with Crippen molar-refractivity contribution in [2.45, 2.75) is 19.1 Å². The first-order valence-corrected chi connectivity index (χ1v) is 11.0. The molecule has 8 heteroatoms. The Kier molecular flexibility index (Phi) is 6.70. The number of hydrogen-bond acceptors (Lipinski definition) is 6. The van der Waals surface area contributed by atoms with Gasteiger partial charge in [-0.2, -0.15) is 0 Å². The van der Waals surface area contributed by atoms with Crippen molar-refractivity contribution in [1.29, 1.82) is 0 Å². The predicted molar refractivity (Wildman–Crippen MR) is 121 cm³/mol. The largest absolute Gasteiger partial charge is 0.493 e. The molecular weight excluding hydrogens is 431 g/mol. The highest BCUT2D eigenvalue weighted by Gasteiger charge is 2.28. The lowest BCUT2D eigenvalue weighted by Crippen LogP contribution is -2.37. The first kappa shape index (κ1) is 21.8. The molecule has 2 heterocycles. The first-order valence-electron chi connectivity index (χ1n) is 10.1. The lowest BCUT2D eigenvalue weighted by Gasteiger charge is -2.24. The number of nitrogens with zero attached hydrogens (tertiary/aromatic N) is 2. The highest BCUT2D eigenvalue weighted by molar-refractivity contribution is 7.12. The third-order valence-corrected chi connectivity index (χ3v) is 6.07. The number of carbonyl (C=O) groups is 1. The van der Waals surface area contributed by atoms with Crippen LogP contribution in [0.5, 0.6) is 11.5 Å². The van der Waals surface area contributed by atoms with Crippen molar-refractivity contribution in [3.63, 3.8) is 0 Å². The van der Waals surface area contributed by atoms with Crippen molar-refractivity contribution in [3.05, 3.63) is 81.8 Å². The van der Waals surface area contributed by atoms with E-state index in [4.69, 9.17) is 14.3 Å². The minimum atomic E-state index is -0.342. The molecule has 4 rings (SSSR count). The Hall–Kier alpha value is -3.39. The van der Waals surface area contributed by atoms with Crippen molar-refractivity contribution in [1.82, 2.24) is 4.90 Å². The number of rotatable bonds is 8. The number of methoxy groups -OCH3 is 2. The number of ether oxygens (including phenoxy) is 2. The summed E-state index contributed by atoms with van der Waals surface area (Å²) in [7, 11) is 3.16. The van der Waals surface area contributed by atoms with Crippen LogP contribution in [0.1, 0.15) is 27.2 Å². The molecule has 0 radical (unpaired) electrons. The van der Waals surface area contributed by atoms with E-state index in [1.165, 1.54) is 17.4 Å². The van der Waals surface area contributed by atoms with E-state index >= 15 is 0 Å². The summed E-state index contributed by atoms with van der Waals surface area (Å²) in [5.41, 5.74) is 2.07. The van der Waals surface area contributed by atoms with Crippen LogP contribution in [0.4, 0.5) is 4.39 Å². The lowest BCUT2D eigenvalue weighted by atomic mass is 10.0. The zero-order chi connectivity index (χ0) is 22.5. The maximum Gasteiger partial charge on any atom is 0.264 e. The van der Waals surface area contributed by atoms with E-state index in [-0.39, 0.29) is 30.9 Å². The van der Waals surface area contributed by atoms with Crippen molar-refractivity contribution >= 4 is 23.0 Å². The quantitative estimate of drug-likeness (QED) is 0.493. The lowest BCUT2D eigenvalue weighted by molar-refractivity contribution is 0.0406. The van der Waals surface area contributed by atoms with E-state index in [1.54, 1.807) is 43.4 Å². The van der Waals surface area contributed by atoms with E-state index in [2.05, 4.69) is 5.16 Å². The van der Waals surface area contributed by atoms with Gasteiger partial charge in [0.25, 0.3) is 5.91 Å². The van der Waals surface area contributed by atoms with Crippen molar-refractivity contribution in [2.75, 3.05) is 20.8 Å². The van der Waals surface area contributed by atoms with Gasteiger partial charge < -0.3 is 19.2 Å². The fourth-order valence-electron chi connectivity index (χ4n) is 3.57. The van der Waals surface area contributed by atoms with Gasteiger partial charge in [-0.05, 0) is 35.7 Å². The van der Waals surface area contributed by atoms with Crippen LogP contribution >= 0.6 is 11.3 Å². The van der Waals surface area contributed by atoms with Gasteiger partial charge >= 0.3 is 0 Å². The average molecular weight is 455 g/mol. The second kappa shape index (κ2) is 9.82. The molecule has 1 aromatic heterocycles. The van der Waals surface area contributed by atoms with Crippen LogP contribution in [0.15, 0.2) is 65.1 Å². The second-order valence-electron chi connectivity index (χ2n) is 7.29. The minimum absolute atomic E-state index is 0.148. The fraction of sp³-hybridized carbons (Fsp3) is 0.250. The molecule has 0 bridgehead atoms. The summed E-state index contributed by atoms with van der Waals surface area (Å²) >= 11 is 1.36. The molecule has 0 fully saturated rings. The Morgan fingerprint density at radius 1 is 1.16 bits per heavy atom. The van der Waals surface area contributed by atoms with Crippen LogP contribution in [0.2, 0.25) is 0 Å². The molecule has 166 valence electrons. The second-order valence-corrected chi connectivity index (χ2v) is 8.24. The molecule has 2 aromatic carbocycles. The smallest absolute Gasteiger partial charge is 0.264 e. The summed E-state index contributed by atoms with van der Waals surface area (Å²) in [5, 5.41) is 6.07. The van der Waals surface area contributed by atoms with Gasteiger partial charge in [0.05, 0.1) is 31.4 Å². The number of halogens is 1. The van der Waals surface area contributed by atoms with Crippen LogP contribution in [-0.2, 0) is 11.4 Å². The summed E-state index contributed by atoms with van der Waals surface area (Å²) in [5.74, 6) is 0.729. The monoisotopic (exact) mass is 454 g/mol. The van der Waals surface area contributed by atoms with Gasteiger partial charge in [-0.15, -0.1) is 11.3 Å². The van der Waals surface area contributed by atoms with E-state index < -0.39 is 0 Å². The van der Waals surface area contributed by atoms with Crippen LogP contribution < -0.4 is 9.47 Å². The van der Waals surface area contributed by atoms with E-state index in [0.29, 0.717) is 28.4 Å². The zero-order valence-electron chi connectivity index (χ0n) is 17.8. The highest BCUT2D eigenvalue weighted by atomic mass is 32.1. The number of benzene rings is 2. The van der Waals surface area contributed by atoms with Crippen molar-refractivity contribution in [3.8, 4) is 11.5 Å². The summed E-state index contributed by atoms with van der Waals surface area (Å²) in [4.78, 5) is 21.0. The molecule has 6 nitrogen and oxygen atoms in total. The van der Waals surface area contributed by atoms with Gasteiger partial charge in [-0.3, -0.25) is 4.79 Å².